The van der Waals surface area contributed by atoms with E-state index < -0.39 is 10.9 Å². The van der Waals surface area contributed by atoms with E-state index in [1.165, 1.54) is 34.7 Å². The molecule has 12 heteroatoms. The monoisotopic (exact) mass is 412 g/mol. The number of anilines is 1. The summed E-state index contributed by atoms with van der Waals surface area (Å²) < 4.78 is 6.64. The van der Waals surface area contributed by atoms with Crippen LogP contribution in [0.25, 0.3) is 17.2 Å². The van der Waals surface area contributed by atoms with E-state index >= 15 is 0 Å². The van der Waals surface area contributed by atoms with Gasteiger partial charge in [0.2, 0.25) is 11.8 Å². The summed E-state index contributed by atoms with van der Waals surface area (Å²) in [6, 6.07) is 8.86. The number of benzene rings is 1. The van der Waals surface area contributed by atoms with E-state index in [1.54, 1.807) is 18.2 Å². The van der Waals surface area contributed by atoms with E-state index in [9.17, 15) is 14.9 Å². The van der Waals surface area contributed by atoms with Gasteiger partial charge in [-0.05, 0) is 18.2 Å². The van der Waals surface area contributed by atoms with Gasteiger partial charge in [0.15, 0.2) is 11.4 Å². The minimum atomic E-state index is -1.23. The fourth-order valence-corrected chi connectivity index (χ4v) is 3.51. The summed E-state index contributed by atoms with van der Waals surface area (Å²) in [4.78, 5) is 30.3. The molecule has 0 bridgehead atoms. The van der Waals surface area contributed by atoms with Gasteiger partial charge in [0, 0.05) is 23.4 Å². The number of nitrogens with zero attached hydrogens (tertiary/aromatic N) is 5. The predicted molar refractivity (Wildman–Crippen MR) is 103 cm³/mol. The van der Waals surface area contributed by atoms with Crippen molar-refractivity contribution in [1.82, 2.24) is 19.6 Å². The maximum Gasteiger partial charge on any atom is 0.335 e. The Hall–Kier alpha value is -3.93. The van der Waals surface area contributed by atoms with Crippen molar-refractivity contribution < 1.29 is 19.2 Å². The second-order valence-corrected chi connectivity index (χ2v) is 6.83. The van der Waals surface area contributed by atoms with Gasteiger partial charge < -0.3 is 15.3 Å². The van der Waals surface area contributed by atoms with Gasteiger partial charge >= 0.3 is 5.97 Å². The third-order valence-electron chi connectivity index (χ3n) is 3.97. The number of hydrogen-bond donors (Lipinski definition) is 2. The highest BCUT2D eigenvalue weighted by Gasteiger charge is 2.18. The van der Waals surface area contributed by atoms with Crippen LogP contribution in [0.5, 0.6) is 0 Å². The number of carboxylic acid groups (broad SMARTS) is 1. The molecular formula is C17H12N6O5S. The van der Waals surface area contributed by atoms with Crippen LogP contribution in [0.15, 0.2) is 52.1 Å². The van der Waals surface area contributed by atoms with Crippen LogP contribution in [0.1, 0.15) is 15.9 Å². The summed E-state index contributed by atoms with van der Waals surface area (Å²) in [6.07, 6.45) is 1.51. The van der Waals surface area contributed by atoms with Crippen molar-refractivity contribution in [3.63, 3.8) is 0 Å². The number of thioether (sulfide) groups is 1. The van der Waals surface area contributed by atoms with Crippen LogP contribution in [-0.4, -0.2) is 35.6 Å². The van der Waals surface area contributed by atoms with Crippen molar-refractivity contribution in [3.8, 4) is 11.6 Å². The fraction of sp³-hybridized carbons (Fsp3) is 0.0588. The Labute approximate surface area is 166 Å². The highest BCUT2D eigenvalue weighted by atomic mass is 32.2. The van der Waals surface area contributed by atoms with E-state index in [0.29, 0.717) is 27.8 Å². The Morgan fingerprint density at radius 2 is 2.14 bits per heavy atom. The smallest absolute Gasteiger partial charge is 0.335 e. The van der Waals surface area contributed by atoms with Crippen molar-refractivity contribution in [1.29, 1.82) is 0 Å². The van der Waals surface area contributed by atoms with Crippen molar-refractivity contribution in [3.05, 3.63) is 63.9 Å². The number of nitro groups is 1. The number of aromatic carboxylic acids is 1. The molecule has 0 aliphatic heterocycles. The summed E-state index contributed by atoms with van der Waals surface area (Å²) in [5.74, 6) is -0.0998. The summed E-state index contributed by atoms with van der Waals surface area (Å²) in [7, 11) is 0. The number of furan rings is 1. The molecule has 0 unspecified atom stereocenters. The molecule has 29 heavy (non-hydrogen) atoms. The Bertz CT molecular complexity index is 1240. The maximum absolute atomic E-state index is 11.3. The summed E-state index contributed by atoms with van der Waals surface area (Å²) >= 11 is 1.21. The Kier molecular flexibility index (Phi) is 4.60. The standard InChI is InChI=1S/C17H12N6O5S/c18-17-20-14(7-13-19-15(21-22(13)17)12-2-1-5-28-12)29-8-10-4-3-9(16(24)25)6-11(10)23(26)27/h1-7H,8H2,(H2,18,20)(H,24,25). The topological polar surface area (TPSA) is 163 Å². The zero-order valence-corrected chi connectivity index (χ0v) is 15.4. The van der Waals surface area contributed by atoms with Crippen LogP contribution >= 0.6 is 11.8 Å². The lowest BCUT2D eigenvalue weighted by molar-refractivity contribution is -0.385. The van der Waals surface area contributed by atoms with Crippen LogP contribution in [0, 0.1) is 10.1 Å². The molecule has 0 radical (unpaired) electrons. The van der Waals surface area contributed by atoms with Crippen LogP contribution in [0.2, 0.25) is 0 Å². The molecule has 1 aromatic carbocycles. The van der Waals surface area contributed by atoms with Gasteiger partial charge in [-0.3, -0.25) is 10.1 Å². The largest absolute Gasteiger partial charge is 0.478 e. The third-order valence-corrected chi connectivity index (χ3v) is 4.93. The van der Waals surface area contributed by atoms with E-state index in [1.807, 2.05) is 0 Å². The van der Waals surface area contributed by atoms with E-state index in [0.717, 1.165) is 6.07 Å². The average Bonchev–Trinajstić information content (AvgIpc) is 3.35. The molecule has 0 fully saturated rings. The molecule has 0 saturated carbocycles. The molecule has 0 aliphatic carbocycles. The zero-order valence-electron chi connectivity index (χ0n) is 14.6. The van der Waals surface area contributed by atoms with E-state index in [4.69, 9.17) is 15.3 Å². The number of rotatable bonds is 6. The first kappa shape index (κ1) is 18.4. The Morgan fingerprint density at radius 3 is 2.83 bits per heavy atom. The van der Waals surface area contributed by atoms with Gasteiger partial charge in [-0.25, -0.2) is 14.8 Å². The van der Waals surface area contributed by atoms with Crippen LogP contribution < -0.4 is 5.73 Å². The van der Waals surface area contributed by atoms with E-state index in [-0.39, 0.29) is 23.0 Å². The number of nitrogen functional groups attached to an aromatic ring is 1. The highest BCUT2D eigenvalue weighted by molar-refractivity contribution is 7.98. The summed E-state index contributed by atoms with van der Waals surface area (Å²) in [6.45, 7) is 0. The predicted octanol–water partition coefficient (Wildman–Crippen LogP) is 2.87. The molecule has 3 aromatic heterocycles. The van der Waals surface area contributed by atoms with E-state index in [2.05, 4.69) is 15.1 Å². The molecule has 0 saturated heterocycles. The second kappa shape index (κ2) is 7.24. The molecule has 0 atom stereocenters. The first-order valence-electron chi connectivity index (χ1n) is 8.13. The minimum Gasteiger partial charge on any atom is -0.478 e. The summed E-state index contributed by atoms with van der Waals surface area (Å²) in [5, 5.41) is 25.0. The number of fused-ring (bicyclic) bond motifs is 1. The van der Waals surface area contributed by atoms with Crippen molar-refractivity contribution in [2.45, 2.75) is 10.8 Å². The quantitative estimate of drug-likeness (QED) is 0.208. The normalized spacial score (nSPS) is 11.0. The number of carbonyl (C=O) groups is 1. The molecule has 4 rings (SSSR count). The lowest BCUT2D eigenvalue weighted by Gasteiger charge is -2.05. The molecule has 0 amide bonds. The zero-order chi connectivity index (χ0) is 20.5. The van der Waals surface area contributed by atoms with Crippen molar-refractivity contribution in [2.75, 3.05) is 5.73 Å². The second-order valence-electron chi connectivity index (χ2n) is 5.83. The SMILES string of the molecule is Nc1nc(SCc2ccc(C(=O)O)cc2[N+](=O)[O-])cc2nc(-c3ccco3)nn12. The molecule has 4 aromatic rings. The van der Waals surface area contributed by atoms with Gasteiger partial charge in [0.1, 0.15) is 5.03 Å². The molecule has 3 N–H and O–H groups in total. The number of nitro benzene ring substituents is 1. The van der Waals surface area contributed by atoms with Crippen molar-refractivity contribution in [2.24, 2.45) is 0 Å². The Balaban J connectivity index is 1.62. The fourth-order valence-electron chi connectivity index (χ4n) is 2.61. The number of aromatic nitrogens is 4. The van der Waals surface area contributed by atoms with Gasteiger partial charge in [-0.1, -0.05) is 6.07 Å². The summed E-state index contributed by atoms with van der Waals surface area (Å²) in [5.41, 5.74) is 6.35. The van der Waals surface area contributed by atoms with Gasteiger partial charge in [-0.2, -0.15) is 4.52 Å². The highest BCUT2D eigenvalue weighted by Crippen LogP contribution is 2.29. The van der Waals surface area contributed by atoms with Gasteiger partial charge in [0.25, 0.3) is 5.69 Å². The lowest BCUT2D eigenvalue weighted by Crippen LogP contribution is -2.03. The van der Waals surface area contributed by atoms with Crippen LogP contribution in [-0.2, 0) is 5.75 Å². The molecule has 0 aliphatic rings. The molecule has 3 heterocycles. The first-order valence-corrected chi connectivity index (χ1v) is 9.11. The first-order chi connectivity index (χ1) is 13.9. The lowest BCUT2D eigenvalue weighted by atomic mass is 10.1. The number of hydrogen-bond acceptors (Lipinski definition) is 9. The van der Waals surface area contributed by atoms with Crippen LogP contribution in [0.3, 0.4) is 0 Å². The number of nitrogens with two attached hydrogens (primary N) is 1. The third kappa shape index (κ3) is 3.60. The Morgan fingerprint density at radius 1 is 1.31 bits per heavy atom. The minimum absolute atomic E-state index is 0.103. The molecule has 11 nitrogen and oxygen atoms in total. The molecular weight excluding hydrogens is 400 g/mol. The van der Waals surface area contributed by atoms with Crippen molar-refractivity contribution >= 4 is 35.0 Å². The molecule has 0 spiro atoms. The van der Waals surface area contributed by atoms with Gasteiger partial charge in [0.05, 0.1) is 16.7 Å². The maximum atomic E-state index is 11.3. The van der Waals surface area contributed by atoms with Crippen LogP contribution in [0.4, 0.5) is 11.6 Å². The molecule has 146 valence electrons. The number of carboxylic acids is 1. The average molecular weight is 412 g/mol. The van der Waals surface area contributed by atoms with Gasteiger partial charge in [-0.15, -0.1) is 16.9 Å².